The predicted octanol–water partition coefficient (Wildman–Crippen LogP) is 1.87. The number of aliphatic hydroxyl groups is 1. The van der Waals surface area contributed by atoms with Crippen molar-refractivity contribution in [1.29, 1.82) is 0 Å². The van der Waals surface area contributed by atoms with Gasteiger partial charge in [-0.05, 0) is 12.1 Å². The number of fused-ring (bicyclic) bond motifs is 3. The van der Waals surface area contributed by atoms with Crippen LogP contribution in [0.3, 0.4) is 0 Å². The average Bonchev–Trinajstić information content (AvgIpc) is 2.65. The fourth-order valence-corrected chi connectivity index (χ4v) is 1.93. The zero-order chi connectivity index (χ0) is 11.1. The number of nitrogens with zero attached hydrogens (tertiary/aromatic N) is 2. The Morgan fingerprint density at radius 2 is 2.06 bits per heavy atom. The van der Waals surface area contributed by atoms with Gasteiger partial charge in [-0.15, -0.1) is 0 Å². The highest BCUT2D eigenvalue weighted by Crippen LogP contribution is 2.31. The van der Waals surface area contributed by atoms with Gasteiger partial charge in [0.1, 0.15) is 0 Å². The number of para-hydroxylation sites is 1. The second-order valence-corrected chi connectivity index (χ2v) is 3.70. The molecule has 2 aliphatic rings. The molecule has 4 nitrogen and oxygen atoms in total. The normalized spacial score (nSPS) is 11.3. The zero-order valence-electron chi connectivity index (χ0n) is 8.46. The van der Waals surface area contributed by atoms with E-state index in [1.54, 1.807) is 6.07 Å². The van der Waals surface area contributed by atoms with Crippen molar-refractivity contribution in [3.05, 3.63) is 42.2 Å². The van der Waals surface area contributed by atoms with E-state index >= 15 is 0 Å². The lowest BCUT2D eigenvalue weighted by molar-refractivity contribution is 0.151. The molecule has 3 rings (SSSR count). The van der Waals surface area contributed by atoms with E-state index in [4.69, 9.17) is 5.11 Å². The first kappa shape index (κ1) is 9.18. The Kier molecular flexibility index (Phi) is 1.84. The summed E-state index contributed by atoms with van der Waals surface area (Å²) >= 11 is 0. The summed E-state index contributed by atoms with van der Waals surface area (Å²) in [5.74, 6) is 0. The molecule has 2 heterocycles. The minimum absolute atomic E-state index is 0.202. The summed E-state index contributed by atoms with van der Waals surface area (Å²) < 4.78 is 0.911. The molecule has 0 aliphatic carbocycles. The second kappa shape index (κ2) is 3.21. The van der Waals surface area contributed by atoms with Crippen molar-refractivity contribution in [3.8, 4) is 11.3 Å². The number of hydrogen-bond donors (Lipinski definition) is 2. The van der Waals surface area contributed by atoms with Crippen LogP contribution in [0.15, 0.2) is 36.5 Å². The maximum absolute atomic E-state index is 9.55. The SMILES string of the molecule is OCc1cc2c3ccccc3nc-2cn1O. The largest absolute Gasteiger partial charge is 0.429 e. The van der Waals surface area contributed by atoms with Gasteiger partial charge in [-0.25, -0.2) is 4.98 Å². The molecule has 0 radical (unpaired) electrons. The van der Waals surface area contributed by atoms with Crippen LogP contribution in [0.1, 0.15) is 5.69 Å². The summed E-state index contributed by atoms with van der Waals surface area (Å²) in [4.78, 5) is 4.39. The number of aromatic nitrogens is 2. The summed E-state index contributed by atoms with van der Waals surface area (Å²) in [5.41, 5.74) is 3.02. The number of aliphatic hydroxyl groups excluding tert-OH is 1. The lowest BCUT2D eigenvalue weighted by atomic mass is 10.1. The van der Waals surface area contributed by atoms with Crippen molar-refractivity contribution < 1.29 is 10.3 Å². The summed E-state index contributed by atoms with van der Waals surface area (Å²) in [6, 6.07) is 9.53. The van der Waals surface area contributed by atoms with E-state index in [-0.39, 0.29) is 6.61 Å². The third kappa shape index (κ3) is 1.17. The van der Waals surface area contributed by atoms with Crippen LogP contribution in [-0.4, -0.2) is 20.0 Å². The number of pyridine rings is 1. The molecule has 0 spiro atoms. The lowest BCUT2D eigenvalue weighted by Crippen LogP contribution is -2.02. The van der Waals surface area contributed by atoms with E-state index in [0.29, 0.717) is 5.69 Å². The molecule has 80 valence electrons. The average molecular weight is 214 g/mol. The van der Waals surface area contributed by atoms with E-state index in [1.165, 1.54) is 6.20 Å². The smallest absolute Gasteiger partial charge is 0.0914 e. The number of benzene rings is 1. The van der Waals surface area contributed by atoms with Crippen molar-refractivity contribution in [3.63, 3.8) is 0 Å². The fraction of sp³-hybridized carbons (Fsp3) is 0.0833. The molecule has 0 saturated carbocycles. The molecule has 1 aromatic rings. The van der Waals surface area contributed by atoms with Gasteiger partial charge in [-0.3, -0.25) is 0 Å². The molecule has 1 aromatic carbocycles. The summed E-state index contributed by atoms with van der Waals surface area (Å²) in [7, 11) is 0. The topological polar surface area (TPSA) is 58.3 Å². The minimum atomic E-state index is -0.202. The van der Waals surface area contributed by atoms with Crippen LogP contribution in [0.5, 0.6) is 0 Å². The highest BCUT2D eigenvalue weighted by molar-refractivity contribution is 5.97. The van der Waals surface area contributed by atoms with E-state index in [1.807, 2.05) is 24.3 Å². The molecule has 0 saturated heterocycles. The van der Waals surface area contributed by atoms with Crippen LogP contribution < -0.4 is 0 Å². The van der Waals surface area contributed by atoms with Crippen molar-refractivity contribution in [2.45, 2.75) is 6.61 Å². The second-order valence-electron chi connectivity index (χ2n) is 3.70. The van der Waals surface area contributed by atoms with Gasteiger partial charge in [0.15, 0.2) is 0 Å². The maximum atomic E-state index is 9.55. The standard InChI is InChI=1S/C12H10N2O2/c15-7-8-5-10-9-3-1-2-4-11(9)13-12(10)6-14(8)16/h1-6,15-16H,7H2. The Labute approximate surface area is 91.7 Å². The molecule has 0 bridgehead atoms. The highest BCUT2D eigenvalue weighted by atomic mass is 16.5. The molecule has 16 heavy (non-hydrogen) atoms. The van der Waals surface area contributed by atoms with Gasteiger partial charge in [-0.1, -0.05) is 18.2 Å². The number of hydrogen-bond acceptors (Lipinski definition) is 3. The van der Waals surface area contributed by atoms with Crippen LogP contribution in [0, 0.1) is 0 Å². The van der Waals surface area contributed by atoms with Gasteiger partial charge >= 0.3 is 0 Å². The zero-order valence-corrected chi connectivity index (χ0v) is 8.46. The summed E-state index contributed by atoms with van der Waals surface area (Å²) in [5, 5.41) is 19.7. The third-order valence-corrected chi connectivity index (χ3v) is 2.72. The molecular formula is C12H10N2O2. The van der Waals surface area contributed by atoms with Gasteiger partial charge < -0.3 is 10.3 Å². The first-order valence-electron chi connectivity index (χ1n) is 4.99. The van der Waals surface area contributed by atoms with Crippen LogP contribution in [0.2, 0.25) is 0 Å². The Morgan fingerprint density at radius 1 is 1.25 bits per heavy atom. The number of rotatable bonds is 1. The monoisotopic (exact) mass is 214 g/mol. The molecule has 0 amide bonds. The Balaban J connectivity index is 2.43. The van der Waals surface area contributed by atoms with Crippen molar-refractivity contribution in [2.24, 2.45) is 0 Å². The fourth-order valence-electron chi connectivity index (χ4n) is 1.93. The Bertz CT molecular complexity index is 630. The predicted molar refractivity (Wildman–Crippen MR) is 59.5 cm³/mol. The molecule has 0 fully saturated rings. The molecule has 0 aromatic heterocycles. The van der Waals surface area contributed by atoms with Crippen molar-refractivity contribution >= 4 is 10.9 Å². The molecule has 2 N–H and O–H groups in total. The lowest BCUT2D eigenvalue weighted by Gasteiger charge is -2.07. The van der Waals surface area contributed by atoms with Crippen LogP contribution in [-0.2, 0) is 6.61 Å². The van der Waals surface area contributed by atoms with E-state index in [2.05, 4.69) is 4.98 Å². The van der Waals surface area contributed by atoms with Gasteiger partial charge in [0, 0.05) is 10.9 Å². The quantitative estimate of drug-likeness (QED) is 0.608. The minimum Gasteiger partial charge on any atom is -0.429 e. The van der Waals surface area contributed by atoms with Gasteiger partial charge in [0.25, 0.3) is 0 Å². The third-order valence-electron chi connectivity index (χ3n) is 2.72. The maximum Gasteiger partial charge on any atom is 0.0914 e. The Hall–Kier alpha value is -2.07. The molecular weight excluding hydrogens is 204 g/mol. The molecule has 4 heteroatoms. The summed E-state index contributed by atoms with van der Waals surface area (Å²) in [6.45, 7) is -0.202. The van der Waals surface area contributed by atoms with Crippen LogP contribution >= 0.6 is 0 Å². The van der Waals surface area contributed by atoms with Crippen molar-refractivity contribution in [2.75, 3.05) is 0 Å². The van der Waals surface area contributed by atoms with E-state index in [9.17, 15) is 5.21 Å². The molecule has 0 unspecified atom stereocenters. The van der Waals surface area contributed by atoms with Gasteiger partial charge in [-0.2, -0.15) is 4.73 Å². The molecule has 2 aliphatic heterocycles. The van der Waals surface area contributed by atoms with Crippen LogP contribution in [0.25, 0.3) is 22.2 Å². The van der Waals surface area contributed by atoms with Crippen LogP contribution in [0.4, 0.5) is 0 Å². The van der Waals surface area contributed by atoms with Gasteiger partial charge in [0.2, 0.25) is 0 Å². The first-order valence-corrected chi connectivity index (χ1v) is 4.99. The summed E-state index contributed by atoms with van der Waals surface area (Å²) in [6.07, 6.45) is 1.51. The first-order chi connectivity index (χ1) is 7.79. The van der Waals surface area contributed by atoms with E-state index in [0.717, 1.165) is 26.9 Å². The van der Waals surface area contributed by atoms with Crippen molar-refractivity contribution in [1.82, 2.24) is 9.71 Å². The molecule has 0 atom stereocenters. The Morgan fingerprint density at radius 3 is 2.88 bits per heavy atom. The van der Waals surface area contributed by atoms with Gasteiger partial charge in [0.05, 0.1) is 29.7 Å². The highest BCUT2D eigenvalue weighted by Gasteiger charge is 2.13. The van der Waals surface area contributed by atoms with E-state index < -0.39 is 0 Å².